The predicted octanol–water partition coefficient (Wildman–Crippen LogP) is 2.09. The molecule has 0 saturated heterocycles. The summed E-state index contributed by atoms with van der Waals surface area (Å²) < 4.78 is 6.87. The number of rotatable bonds is 10. The number of hydrogen-bond donors (Lipinski definition) is 1. The van der Waals surface area contributed by atoms with Gasteiger partial charge in [-0.1, -0.05) is 19.1 Å². The molecule has 1 heterocycles. The van der Waals surface area contributed by atoms with Crippen LogP contribution in [0.5, 0.6) is 0 Å². The van der Waals surface area contributed by atoms with Crippen molar-refractivity contribution < 1.29 is 9.53 Å². The lowest BCUT2D eigenvalue weighted by molar-refractivity contribution is 0.155. The number of hydrogen-bond acceptors (Lipinski definition) is 5. The molecule has 0 aliphatic carbocycles. The van der Waals surface area contributed by atoms with E-state index in [2.05, 4.69) is 5.32 Å². The van der Waals surface area contributed by atoms with Crippen LogP contribution >= 0.6 is 0 Å². The summed E-state index contributed by atoms with van der Waals surface area (Å²) in [4.78, 5) is 34.7. The lowest BCUT2D eigenvalue weighted by Gasteiger charge is -2.33. The molecule has 0 fully saturated rings. The minimum absolute atomic E-state index is 0.107. The highest BCUT2D eigenvalue weighted by Gasteiger charge is 2.28. The van der Waals surface area contributed by atoms with E-state index in [1.54, 1.807) is 22.6 Å². The van der Waals surface area contributed by atoms with Gasteiger partial charge < -0.3 is 19.9 Å². The van der Waals surface area contributed by atoms with Gasteiger partial charge in [0.25, 0.3) is 5.56 Å². The molecular formula is C21H33N5O3. The van der Waals surface area contributed by atoms with Gasteiger partial charge in [-0.3, -0.25) is 9.36 Å². The SMILES string of the molecule is CCNC(=O)N(CCN(C)C)C(CC)c1nc2ccccc2c(=O)n1CCOC. The topological polar surface area (TPSA) is 79.7 Å². The first kappa shape index (κ1) is 22.8. The van der Waals surface area contributed by atoms with Crippen molar-refractivity contribution in [3.8, 4) is 0 Å². The van der Waals surface area contributed by atoms with E-state index in [1.165, 1.54) is 0 Å². The zero-order valence-corrected chi connectivity index (χ0v) is 18.1. The average Bonchev–Trinajstić information content (AvgIpc) is 2.70. The van der Waals surface area contributed by atoms with Crippen molar-refractivity contribution in [2.24, 2.45) is 0 Å². The molecule has 160 valence electrons. The highest BCUT2D eigenvalue weighted by atomic mass is 16.5. The molecule has 0 radical (unpaired) electrons. The van der Waals surface area contributed by atoms with Crippen molar-refractivity contribution in [3.05, 3.63) is 40.4 Å². The van der Waals surface area contributed by atoms with Gasteiger partial charge in [0.1, 0.15) is 5.82 Å². The summed E-state index contributed by atoms with van der Waals surface area (Å²) in [6.45, 7) is 6.46. The van der Waals surface area contributed by atoms with Gasteiger partial charge in [0, 0.05) is 26.7 Å². The Bertz CT molecular complexity index is 865. The summed E-state index contributed by atoms with van der Waals surface area (Å²) >= 11 is 0. The normalized spacial score (nSPS) is 12.3. The molecule has 0 spiro atoms. The van der Waals surface area contributed by atoms with Crippen LogP contribution in [0.3, 0.4) is 0 Å². The number of likely N-dealkylation sites (N-methyl/N-ethyl adjacent to an activating group) is 1. The van der Waals surface area contributed by atoms with Crippen molar-refractivity contribution >= 4 is 16.9 Å². The van der Waals surface area contributed by atoms with Gasteiger partial charge in [0.15, 0.2) is 0 Å². The van der Waals surface area contributed by atoms with Crippen LogP contribution in [0.4, 0.5) is 4.79 Å². The van der Waals surface area contributed by atoms with Crippen molar-refractivity contribution in [2.45, 2.75) is 32.9 Å². The molecule has 29 heavy (non-hydrogen) atoms. The fourth-order valence-corrected chi connectivity index (χ4v) is 3.34. The average molecular weight is 404 g/mol. The smallest absolute Gasteiger partial charge is 0.318 e. The van der Waals surface area contributed by atoms with Gasteiger partial charge in [-0.15, -0.1) is 0 Å². The maximum atomic E-state index is 13.2. The number of urea groups is 1. The summed E-state index contributed by atoms with van der Waals surface area (Å²) in [7, 11) is 5.55. The third-order valence-corrected chi connectivity index (χ3v) is 4.85. The number of benzene rings is 1. The molecular weight excluding hydrogens is 370 g/mol. The largest absolute Gasteiger partial charge is 0.383 e. The van der Waals surface area contributed by atoms with Gasteiger partial charge in [-0.2, -0.15) is 0 Å². The predicted molar refractivity (Wildman–Crippen MR) is 115 cm³/mol. The fourth-order valence-electron chi connectivity index (χ4n) is 3.34. The molecule has 8 nitrogen and oxygen atoms in total. The zero-order valence-electron chi connectivity index (χ0n) is 18.1. The van der Waals surface area contributed by atoms with E-state index < -0.39 is 0 Å². The lowest BCUT2D eigenvalue weighted by atomic mass is 10.1. The Balaban J connectivity index is 2.60. The minimum Gasteiger partial charge on any atom is -0.383 e. The summed E-state index contributed by atoms with van der Waals surface area (Å²) in [6.07, 6.45) is 0.641. The minimum atomic E-state index is -0.323. The van der Waals surface area contributed by atoms with Gasteiger partial charge >= 0.3 is 6.03 Å². The van der Waals surface area contributed by atoms with Crippen molar-refractivity contribution in [2.75, 3.05) is 47.4 Å². The molecule has 0 bridgehead atoms. The molecule has 2 aromatic rings. The lowest BCUT2D eigenvalue weighted by Crippen LogP contribution is -2.46. The molecule has 8 heteroatoms. The van der Waals surface area contributed by atoms with Crippen molar-refractivity contribution in [1.29, 1.82) is 0 Å². The van der Waals surface area contributed by atoms with Crippen LogP contribution in [0.2, 0.25) is 0 Å². The van der Waals surface area contributed by atoms with E-state index in [0.717, 1.165) is 0 Å². The molecule has 0 aliphatic heterocycles. The standard InChI is InChI=1S/C21H33N5O3/c1-6-18(25(13-12-24(3)4)21(28)22-7-2)19-23-17-11-9-8-10-16(17)20(27)26(19)14-15-29-5/h8-11,18H,6-7,12-15H2,1-5H3,(H,22,28). The number of para-hydroxylation sites is 1. The molecule has 1 aromatic heterocycles. The van der Waals surface area contributed by atoms with E-state index in [-0.39, 0.29) is 17.6 Å². The molecule has 1 aromatic carbocycles. The third-order valence-electron chi connectivity index (χ3n) is 4.85. The molecule has 2 amide bonds. The van der Waals surface area contributed by atoms with Crippen LogP contribution in [0, 0.1) is 0 Å². The second-order valence-corrected chi connectivity index (χ2v) is 7.19. The van der Waals surface area contributed by atoms with E-state index in [4.69, 9.17) is 9.72 Å². The Kier molecular flexibility index (Phi) is 8.60. The number of carbonyl (C=O) groups is 1. The molecule has 2 rings (SSSR count). The third kappa shape index (κ3) is 5.55. The second-order valence-electron chi connectivity index (χ2n) is 7.19. The van der Waals surface area contributed by atoms with Crippen molar-refractivity contribution in [1.82, 2.24) is 24.7 Å². The number of methoxy groups -OCH3 is 1. The molecule has 0 aliphatic rings. The molecule has 1 N–H and O–H groups in total. The quantitative estimate of drug-likeness (QED) is 0.657. The van der Waals surface area contributed by atoms with E-state index in [9.17, 15) is 9.59 Å². The number of nitrogens with zero attached hydrogens (tertiary/aromatic N) is 4. The van der Waals surface area contributed by atoms with Gasteiger partial charge in [-0.25, -0.2) is 9.78 Å². The van der Waals surface area contributed by atoms with Crippen LogP contribution in [0.15, 0.2) is 29.1 Å². The van der Waals surface area contributed by atoms with Crippen LogP contribution in [0.25, 0.3) is 10.9 Å². The van der Waals surface area contributed by atoms with Gasteiger partial charge in [0.05, 0.1) is 30.1 Å². The Hall–Kier alpha value is -2.45. The van der Waals surface area contributed by atoms with E-state index in [0.29, 0.717) is 55.9 Å². The van der Waals surface area contributed by atoms with E-state index in [1.807, 2.05) is 51.0 Å². The Morgan fingerprint density at radius 3 is 2.59 bits per heavy atom. The highest BCUT2D eigenvalue weighted by molar-refractivity contribution is 5.78. The Morgan fingerprint density at radius 1 is 1.24 bits per heavy atom. The van der Waals surface area contributed by atoms with Crippen LogP contribution in [0.1, 0.15) is 32.1 Å². The fraction of sp³-hybridized carbons (Fsp3) is 0.571. The van der Waals surface area contributed by atoms with Crippen LogP contribution in [-0.2, 0) is 11.3 Å². The number of fused-ring (bicyclic) bond motifs is 1. The zero-order chi connectivity index (χ0) is 21.4. The summed E-state index contributed by atoms with van der Waals surface area (Å²) in [5, 5.41) is 3.47. The summed E-state index contributed by atoms with van der Waals surface area (Å²) in [5.41, 5.74) is 0.535. The Labute approximate surface area is 172 Å². The second kappa shape index (κ2) is 10.9. The maximum Gasteiger partial charge on any atom is 0.318 e. The number of carbonyl (C=O) groups excluding carboxylic acids is 1. The monoisotopic (exact) mass is 403 g/mol. The first-order valence-electron chi connectivity index (χ1n) is 10.1. The van der Waals surface area contributed by atoms with Crippen molar-refractivity contribution in [3.63, 3.8) is 0 Å². The summed E-state index contributed by atoms with van der Waals surface area (Å²) in [5.74, 6) is 0.596. The molecule has 0 saturated carbocycles. The number of nitrogens with one attached hydrogen (secondary N) is 1. The summed E-state index contributed by atoms with van der Waals surface area (Å²) in [6, 6.07) is 6.85. The first-order valence-corrected chi connectivity index (χ1v) is 10.1. The molecule has 1 atom stereocenters. The molecule has 1 unspecified atom stereocenters. The van der Waals surface area contributed by atoms with Gasteiger partial charge in [0.2, 0.25) is 0 Å². The van der Waals surface area contributed by atoms with Gasteiger partial charge in [-0.05, 0) is 39.6 Å². The van der Waals surface area contributed by atoms with Crippen LogP contribution < -0.4 is 10.9 Å². The van der Waals surface area contributed by atoms with Crippen LogP contribution in [-0.4, -0.2) is 72.8 Å². The number of amides is 2. The van der Waals surface area contributed by atoms with E-state index >= 15 is 0 Å². The number of ether oxygens (including phenoxy) is 1. The number of aromatic nitrogens is 2. The maximum absolute atomic E-state index is 13.2. The first-order chi connectivity index (χ1) is 13.9. The Morgan fingerprint density at radius 2 is 1.97 bits per heavy atom. The highest BCUT2D eigenvalue weighted by Crippen LogP contribution is 2.24.